The van der Waals surface area contributed by atoms with Crippen LogP contribution in [-0.2, 0) is 17.9 Å². The summed E-state index contributed by atoms with van der Waals surface area (Å²) in [6, 6.07) is 0. The van der Waals surface area contributed by atoms with Gasteiger partial charge >= 0.3 is 0 Å². The molecular weight excluding hydrogens is 262 g/mol. The predicted molar refractivity (Wildman–Crippen MR) is 76.8 cm³/mol. The number of carbonyl (C=O) groups is 1. The van der Waals surface area contributed by atoms with E-state index in [1.807, 2.05) is 11.5 Å². The van der Waals surface area contributed by atoms with E-state index in [0.29, 0.717) is 18.2 Å². The van der Waals surface area contributed by atoms with E-state index in [0.717, 1.165) is 30.5 Å². The van der Waals surface area contributed by atoms with Crippen molar-refractivity contribution in [3.05, 3.63) is 5.82 Å². The van der Waals surface area contributed by atoms with Gasteiger partial charge in [-0.25, -0.2) is 0 Å². The number of carbonyl (C=O) groups excluding carboxylic acids is 1. The minimum Gasteiger partial charge on any atom is -0.355 e. The summed E-state index contributed by atoms with van der Waals surface area (Å²) in [5.74, 6) is 1.75. The number of hydrogen-bond donors (Lipinski definition) is 2. The van der Waals surface area contributed by atoms with E-state index in [2.05, 4.69) is 29.4 Å². The van der Waals surface area contributed by atoms with Gasteiger partial charge in [-0.1, -0.05) is 25.6 Å². The number of hydrogen-bond acceptors (Lipinski definition) is 5. The van der Waals surface area contributed by atoms with Crippen LogP contribution in [0.2, 0.25) is 0 Å². The summed E-state index contributed by atoms with van der Waals surface area (Å²) in [4.78, 5) is 11.7. The summed E-state index contributed by atoms with van der Waals surface area (Å²) >= 11 is 1.40. The maximum absolute atomic E-state index is 11.7. The third-order valence-corrected chi connectivity index (χ3v) is 3.64. The molecule has 0 saturated carbocycles. The highest BCUT2D eigenvalue weighted by molar-refractivity contribution is 7.99. The molecule has 0 aliphatic rings. The van der Waals surface area contributed by atoms with Gasteiger partial charge in [0.1, 0.15) is 5.82 Å². The first-order chi connectivity index (χ1) is 9.08. The number of nitrogens with two attached hydrogens (primary N) is 1. The van der Waals surface area contributed by atoms with Crippen molar-refractivity contribution in [3.8, 4) is 0 Å². The van der Waals surface area contributed by atoms with Gasteiger partial charge in [0, 0.05) is 13.1 Å². The van der Waals surface area contributed by atoms with Gasteiger partial charge in [-0.2, -0.15) is 0 Å². The second-order valence-electron chi connectivity index (χ2n) is 4.67. The quantitative estimate of drug-likeness (QED) is 0.696. The van der Waals surface area contributed by atoms with Gasteiger partial charge in [-0.3, -0.25) is 4.79 Å². The lowest BCUT2D eigenvalue weighted by molar-refractivity contribution is -0.118. The Morgan fingerprint density at radius 1 is 1.47 bits per heavy atom. The monoisotopic (exact) mass is 285 g/mol. The molecule has 0 aromatic carbocycles. The molecule has 1 aromatic rings. The van der Waals surface area contributed by atoms with Crippen LogP contribution in [0.4, 0.5) is 0 Å². The maximum atomic E-state index is 11.7. The number of amides is 1. The van der Waals surface area contributed by atoms with Crippen LogP contribution in [0.3, 0.4) is 0 Å². The van der Waals surface area contributed by atoms with E-state index >= 15 is 0 Å². The van der Waals surface area contributed by atoms with Crippen LogP contribution in [0, 0.1) is 5.92 Å². The van der Waals surface area contributed by atoms with Gasteiger partial charge in [0.25, 0.3) is 0 Å². The normalized spacial score (nSPS) is 11.0. The molecule has 1 heterocycles. The third kappa shape index (κ3) is 5.20. The molecule has 0 unspecified atom stereocenters. The maximum Gasteiger partial charge on any atom is 0.230 e. The summed E-state index contributed by atoms with van der Waals surface area (Å²) in [5.41, 5.74) is 5.58. The van der Waals surface area contributed by atoms with Crippen LogP contribution in [0.25, 0.3) is 0 Å². The Labute approximate surface area is 118 Å². The lowest BCUT2D eigenvalue weighted by atomic mass is 10.1. The SMILES string of the molecule is CCn1c(CN)nnc1SCC(=O)NCCC(C)C. The van der Waals surface area contributed by atoms with E-state index in [-0.39, 0.29) is 5.91 Å². The number of nitrogens with zero attached hydrogens (tertiary/aromatic N) is 3. The highest BCUT2D eigenvalue weighted by atomic mass is 32.2. The minimum absolute atomic E-state index is 0.0330. The molecule has 3 N–H and O–H groups in total. The topological polar surface area (TPSA) is 85.8 Å². The summed E-state index contributed by atoms with van der Waals surface area (Å²) in [7, 11) is 0. The minimum atomic E-state index is 0.0330. The summed E-state index contributed by atoms with van der Waals surface area (Å²) in [6.07, 6.45) is 0.999. The standard InChI is InChI=1S/C12H23N5OS/c1-4-17-10(7-13)15-16-12(17)19-8-11(18)14-6-5-9(2)3/h9H,4-8,13H2,1-3H3,(H,14,18). The second-order valence-corrected chi connectivity index (χ2v) is 5.61. The van der Waals surface area contributed by atoms with Gasteiger partial charge < -0.3 is 15.6 Å². The Bertz CT molecular complexity index is 405. The predicted octanol–water partition coefficient (Wildman–Crippen LogP) is 1.01. The Morgan fingerprint density at radius 2 is 2.21 bits per heavy atom. The van der Waals surface area contributed by atoms with E-state index < -0.39 is 0 Å². The highest BCUT2D eigenvalue weighted by Gasteiger charge is 2.11. The molecule has 1 rings (SSSR count). The Balaban J connectivity index is 2.39. The Hall–Kier alpha value is -1.08. The van der Waals surface area contributed by atoms with Crippen molar-refractivity contribution in [2.24, 2.45) is 11.7 Å². The molecule has 0 saturated heterocycles. The zero-order valence-electron chi connectivity index (χ0n) is 11.8. The van der Waals surface area contributed by atoms with Crippen molar-refractivity contribution in [3.63, 3.8) is 0 Å². The third-order valence-electron chi connectivity index (χ3n) is 2.67. The Kier molecular flexibility index (Phi) is 6.86. The molecule has 0 aliphatic heterocycles. The van der Waals surface area contributed by atoms with Gasteiger partial charge in [0.05, 0.1) is 12.3 Å². The summed E-state index contributed by atoms with van der Waals surface area (Å²) in [5, 5.41) is 11.7. The zero-order chi connectivity index (χ0) is 14.3. The number of aromatic nitrogens is 3. The van der Waals surface area contributed by atoms with Crippen LogP contribution in [0.1, 0.15) is 33.0 Å². The lowest BCUT2D eigenvalue weighted by Gasteiger charge is -2.08. The Morgan fingerprint density at radius 3 is 2.79 bits per heavy atom. The zero-order valence-corrected chi connectivity index (χ0v) is 12.7. The van der Waals surface area contributed by atoms with Crippen molar-refractivity contribution in [2.45, 2.75) is 45.4 Å². The molecule has 0 bridgehead atoms. The van der Waals surface area contributed by atoms with Gasteiger partial charge in [0.15, 0.2) is 5.16 Å². The van der Waals surface area contributed by atoms with Crippen molar-refractivity contribution in [2.75, 3.05) is 12.3 Å². The fourth-order valence-electron chi connectivity index (χ4n) is 1.58. The van der Waals surface area contributed by atoms with E-state index in [9.17, 15) is 4.79 Å². The summed E-state index contributed by atoms with van der Waals surface area (Å²) in [6.45, 7) is 8.14. The average molecular weight is 285 g/mol. The molecular formula is C12H23N5OS. The molecule has 0 aliphatic carbocycles. The van der Waals surface area contributed by atoms with E-state index in [1.54, 1.807) is 0 Å². The molecule has 1 amide bonds. The first-order valence-electron chi connectivity index (χ1n) is 6.60. The van der Waals surface area contributed by atoms with Gasteiger partial charge in [-0.15, -0.1) is 10.2 Å². The van der Waals surface area contributed by atoms with Crippen molar-refractivity contribution in [1.82, 2.24) is 20.1 Å². The molecule has 0 atom stereocenters. The van der Waals surface area contributed by atoms with Crippen LogP contribution < -0.4 is 11.1 Å². The largest absolute Gasteiger partial charge is 0.355 e. The van der Waals surface area contributed by atoms with Gasteiger partial charge in [-0.05, 0) is 19.3 Å². The average Bonchev–Trinajstić information content (AvgIpc) is 2.77. The van der Waals surface area contributed by atoms with Crippen LogP contribution >= 0.6 is 11.8 Å². The molecule has 6 nitrogen and oxygen atoms in total. The molecule has 0 radical (unpaired) electrons. The first kappa shape index (κ1) is 16.0. The number of rotatable bonds is 8. The molecule has 0 fully saturated rings. The lowest BCUT2D eigenvalue weighted by Crippen LogP contribution is -2.27. The van der Waals surface area contributed by atoms with Crippen LogP contribution in [0.15, 0.2) is 5.16 Å². The van der Waals surface area contributed by atoms with Crippen LogP contribution in [-0.4, -0.2) is 33.0 Å². The van der Waals surface area contributed by atoms with Crippen molar-refractivity contribution < 1.29 is 4.79 Å². The molecule has 108 valence electrons. The molecule has 0 spiro atoms. The van der Waals surface area contributed by atoms with Crippen molar-refractivity contribution >= 4 is 17.7 Å². The fourth-order valence-corrected chi connectivity index (χ4v) is 2.43. The summed E-state index contributed by atoms with van der Waals surface area (Å²) < 4.78 is 1.94. The molecule has 1 aromatic heterocycles. The first-order valence-corrected chi connectivity index (χ1v) is 7.58. The number of thioether (sulfide) groups is 1. The van der Waals surface area contributed by atoms with E-state index in [1.165, 1.54) is 11.8 Å². The van der Waals surface area contributed by atoms with Crippen LogP contribution in [0.5, 0.6) is 0 Å². The fraction of sp³-hybridized carbons (Fsp3) is 0.750. The molecule has 19 heavy (non-hydrogen) atoms. The number of nitrogens with one attached hydrogen (secondary N) is 1. The smallest absolute Gasteiger partial charge is 0.230 e. The van der Waals surface area contributed by atoms with E-state index in [4.69, 9.17) is 5.73 Å². The highest BCUT2D eigenvalue weighted by Crippen LogP contribution is 2.16. The van der Waals surface area contributed by atoms with Gasteiger partial charge in [0.2, 0.25) is 5.91 Å². The second kappa shape index (κ2) is 8.16. The molecule has 7 heteroatoms. The van der Waals surface area contributed by atoms with Crippen molar-refractivity contribution in [1.29, 1.82) is 0 Å².